The van der Waals surface area contributed by atoms with Crippen molar-refractivity contribution in [2.45, 2.75) is 0 Å². The molecule has 0 amide bonds. The van der Waals surface area contributed by atoms with E-state index in [2.05, 4.69) is 106 Å². The average molecular weight is 469 g/mol. The zero-order chi connectivity index (χ0) is 17.7. The molecule has 7 heteroatoms. The molecule has 0 aliphatic heterocycles. The Balaban J connectivity index is 1.85. The number of nitrogens with zero attached hydrogens (tertiary/aromatic N) is 4. The minimum absolute atomic E-state index is 0.582. The molecule has 0 bridgehead atoms. The number of hydrogen-bond donors (Lipinski definition) is 1. The summed E-state index contributed by atoms with van der Waals surface area (Å²) in [5.41, 5.74) is 4.26. The molecule has 1 N–H and O–H groups in total. The maximum Gasteiger partial charge on any atom is 0.204 e. The molecule has 0 aliphatic carbocycles. The number of halogens is 2. The quantitative estimate of drug-likeness (QED) is 0.372. The van der Waals surface area contributed by atoms with Gasteiger partial charge in [-0.25, -0.2) is 0 Å². The second kappa shape index (κ2) is 6.03. The summed E-state index contributed by atoms with van der Waals surface area (Å²) in [6, 6.07) is 20.9. The minimum atomic E-state index is 0.582. The van der Waals surface area contributed by atoms with Gasteiger partial charge in [-0.3, -0.25) is 0 Å². The molecule has 5 rings (SSSR count). The molecule has 2 aromatic heterocycles. The molecule has 0 aliphatic rings. The number of nitrogens with one attached hydrogen (secondary N) is 1. The zero-order valence-electron chi connectivity index (χ0n) is 13.3. The molecule has 0 spiro atoms. The molecule has 0 fully saturated rings. The Bertz CT molecular complexity index is 1200. The van der Waals surface area contributed by atoms with Crippen LogP contribution in [0.25, 0.3) is 38.9 Å². The van der Waals surface area contributed by atoms with E-state index >= 15 is 0 Å². The second-order valence-electron chi connectivity index (χ2n) is 5.94. The Hall–Kier alpha value is -2.51. The minimum Gasteiger partial charge on any atom is -0.309 e. The lowest BCUT2D eigenvalue weighted by atomic mass is 10.2. The van der Waals surface area contributed by atoms with Crippen molar-refractivity contribution in [1.82, 2.24) is 25.2 Å². The number of benzene rings is 3. The number of aromatic nitrogens is 5. The summed E-state index contributed by atoms with van der Waals surface area (Å²) in [6.45, 7) is 0. The first-order chi connectivity index (χ1) is 12.7. The summed E-state index contributed by atoms with van der Waals surface area (Å²) in [5, 5.41) is 16.7. The molecule has 0 radical (unpaired) electrons. The van der Waals surface area contributed by atoms with E-state index in [0.29, 0.717) is 5.82 Å². The Kier molecular flexibility index (Phi) is 3.65. The highest BCUT2D eigenvalue weighted by molar-refractivity contribution is 9.10. The van der Waals surface area contributed by atoms with Crippen LogP contribution >= 0.6 is 31.9 Å². The lowest BCUT2D eigenvalue weighted by molar-refractivity contribution is 0.881. The van der Waals surface area contributed by atoms with Crippen LogP contribution in [-0.2, 0) is 0 Å². The third-order valence-corrected chi connectivity index (χ3v) is 5.38. The van der Waals surface area contributed by atoms with Gasteiger partial charge < -0.3 is 4.57 Å². The van der Waals surface area contributed by atoms with Crippen molar-refractivity contribution in [3.63, 3.8) is 0 Å². The van der Waals surface area contributed by atoms with Gasteiger partial charge in [0.15, 0.2) is 0 Å². The van der Waals surface area contributed by atoms with Crippen molar-refractivity contribution in [1.29, 1.82) is 0 Å². The van der Waals surface area contributed by atoms with E-state index in [1.54, 1.807) is 0 Å². The van der Waals surface area contributed by atoms with Gasteiger partial charge in [0.05, 0.1) is 11.0 Å². The lowest BCUT2D eigenvalue weighted by Crippen LogP contribution is -1.94. The topological polar surface area (TPSA) is 59.4 Å². The van der Waals surface area contributed by atoms with Crippen LogP contribution in [-0.4, -0.2) is 25.2 Å². The summed E-state index contributed by atoms with van der Waals surface area (Å²) in [6.07, 6.45) is 0. The largest absolute Gasteiger partial charge is 0.309 e. The standard InChI is InChI=1S/C19H11Br2N5/c20-12-4-6-17-15(9-12)16-10-13(21)5-7-18(16)26(17)14-3-1-2-11(8-14)19-22-24-25-23-19/h1-10H,(H,22,23,24,25). The predicted molar refractivity (Wildman–Crippen MR) is 109 cm³/mol. The highest BCUT2D eigenvalue weighted by atomic mass is 79.9. The number of tetrazole rings is 1. The van der Waals surface area contributed by atoms with Gasteiger partial charge in [-0.1, -0.05) is 44.0 Å². The monoisotopic (exact) mass is 467 g/mol. The van der Waals surface area contributed by atoms with E-state index in [0.717, 1.165) is 31.2 Å². The van der Waals surface area contributed by atoms with Crippen LogP contribution in [0.3, 0.4) is 0 Å². The Labute approximate surface area is 165 Å². The molecule has 2 heterocycles. The van der Waals surface area contributed by atoms with Gasteiger partial charge in [-0.2, -0.15) is 5.21 Å². The SMILES string of the molecule is Brc1ccc2c(c1)c1cc(Br)ccc1n2-c1cccc(-c2nn[nH]n2)c1. The first kappa shape index (κ1) is 15.7. The number of hydrogen-bond acceptors (Lipinski definition) is 3. The van der Waals surface area contributed by atoms with E-state index in [1.165, 1.54) is 10.8 Å². The first-order valence-corrected chi connectivity index (χ1v) is 9.53. The average Bonchev–Trinajstić information content (AvgIpc) is 3.28. The molecule has 3 aromatic carbocycles. The van der Waals surface area contributed by atoms with E-state index in [1.807, 2.05) is 12.1 Å². The summed E-state index contributed by atoms with van der Waals surface area (Å²) in [5.74, 6) is 0.582. The Morgan fingerprint density at radius 3 is 2.12 bits per heavy atom. The van der Waals surface area contributed by atoms with Crippen LogP contribution in [0.5, 0.6) is 0 Å². The molecule has 0 saturated carbocycles. The highest BCUT2D eigenvalue weighted by Crippen LogP contribution is 2.35. The molecule has 5 nitrogen and oxygen atoms in total. The summed E-state index contributed by atoms with van der Waals surface area (Å²) < 4.78 is 4.38. The Morgan fingerprint density at radius 2 is 1.50 bits per heavy atom. The van der Waals surface area contributed by atoms with Gasteiger partial charge in [-0.05, 0) is 53.7 Å². The predicted octanol–water partition coefficient (Wildman–Crippen LogP) is 5.49. The van der Waals surface area contributed by atoms with Crippen molar-refractivity contribution < 1.29 is 0 Å². The van der Waals surface area contributed by atoms with E-state index in [9.17, 15) is 0 Å². The number of H-pyrrole nitrogens is 1. The molecular formula is C19H11Br2N5. The highest BCUT2D eigenvalue weighted by Gasteiger charge is 2.14. The van der Waals surface area contributed by atoms with Crippen molar-refractivity contribution in [3.05, 3.63) is 69.6 Å². The van der Waals surface area contributed by atoms with Crippen LogP contribution in [0.1, 0.15) is 0 Å². The summed E-state index contributed by atoms with van der Waals surface area (Å²) in [4.78, 5) is 0. The maximum atomic E-state index is 4.09. The third-order valence-electron chi connectivity index (χ3n) is 4.40. The molecule has 5 aromatic rings. The van der Waals surface area contributed by atoms with Crippen LogP contribution < -0.4 is 0 Å². The number of aromatic amines is 1. The van der Waals surface area contributed by atoms with Crippen molar-refractivity contribution in [2.75, 3.05) is 0 Å². The molecule has 0 atom stereocenters. The molecule has 0 unspecified atom stereocenters. The molecule has 26 heavy (non-hydrogen) atoms. The van der Waals surface area contributed by atoms with Crippen molar-refractivity contribution >= 4 is 53.7 Å². The van der Waals surface area contributed by atoms with Gasteiger partial charge in [0.2, 0.25) is 5.82 Å². The molecule has 0 saturated heterocycles. The van der Waals surface area contributed by atoms with E-state index < -0.39 is 0 Å². The summed E-state index contributed by atoms with van der Waals surface area (Å²) in [7, 11) is 0. The van der Waals surface area contributed by atoms with Gasteiger partial charge >= 0.3 is 0 Å². The van der Waals surface area contributed by atoms with Crippen LogP contribution in [0.15, 0.2) is 69.6 Å². The van der Waals surface area contributed by atoms with Crippen LogP contribution in [0.2, 0.25) is 0 Å². The fourth-order valence-corrected chi connectivity index (χ4v) is 4.04. The van der Waals surface area contributed by atoms with E-state index in [-0.39, 0.29) is 0 Å². The third kappa shape index (κ3) is 2.47. The molecular weight excluding hydrogens is 458 g/mol. The van der Waals surface area contributed by atoms with Crippen molar-refractivity contribution in [2.24, 2.45) is 0 Å². The lowest BCUT2D eigenvalue weighted by Gasteiger charge is -2.09. The normalized spacial score (nSPS) is 11.5. The van der Waals surface area contributed by atoms with Gasteiger partial charge in [-0.15, -0.1) is 10.2 Å². The van der Waals surface area contributed by atoms with Crippen LogP contribution in [0.4, 0.5) is 0 Å². The maximum absolute atomic E-state index is 4.09. The summed E-state index contributed by atoms with van der Waals surface area (Å²) >= 11 is 7.18. The van der Waals surface area contributed by atoms with Gasteiger partial charge in [0.25, 0.3) is 0 Å². The number of fused-ring (bicyclic) bond motifs is 3. The smallest absolute Gasteiger partial charge is 0.204 e. The van der Waals surface area contributed by atoms with Crippen LogP contribution in [0, 0.1) is 0 Å². The molecule has 126 valence electrons. The van der Waals surface area contributed by atoms with Crippen molar-refractivity contribution in [3.8, 4) is 17.1 Å². The fraction of sp³-hybridized carbons (Fsp3) is 0. The fourth-order valence-electron chi connectivity index (χ4n) is 3.31. The van der Waals surface area contributed by atoms with Gasteiger partial charge in [0.1, 0.15) is 0 Å². The van der Waals surface area contributed by atoms with E-state index in [4.69, 9.17) is 0 Å². The first-order valence-electron chi connectivity index (χ1n) is 7.94. The zero-order valence-corrected chi connectivity index (χ0v) is 16.5. The second-order valence-corrected chi connectivity index (χ2v) is 7.78. The van der Waals surface area contributed by atoms with Gasteiger partial charge in [0, 0.05) is 31.0 Å². The Morgan fingerprint density at radius 1 is 0.808 bits per heavy atom. The number of rotatable bonds is 2.